The highest BCUT2D eigenvalue weighted by molar-refractivity contribution is 7.79. The van der Waals surface area contributed by atoms with Crippen LogP contribution in [-0.2, 0) is 14.1 Å². The molecule has 5 heteroatoms. The van der Waals surface area contributed by atoms with Gasteiger partial charge in [0.1, 0.15) is 6.35 Å². The molecule has 2 fully saturated rings. The van der Waals surface area contributed by atoms with Crippen LogP contribution in [0.25, 0.3) is 0 Å². The van der Waals surface area contributed by atoms with Crippen LogP contribution in [-0.4, -0.2) is 34.8 Å². The first-order valence-corrected chi connectivity index (χ1v) is 13.0. The molecule has 158 valence electrons. The Morgan fingerprint density at radius 1 is 0.815 bits per heavy atom. The zero-order valence-electron chi connectivity index (χ0n) is 19.4. The summed E-state index contributed by atoms with van der Waals surface area (Å²) >= 11 is 0. The summed E-state index contributed by atoms with van der Waals surface area (Å²) < 4.78 is 12.9. The van der Waals surface area contributed by atoms with E-state index in [0.29, 0.717) is 18.1 Å². The third-order valence-electron chi connectivity index (χ3n) is 7.85. The molecule has 2 heterocycles. The summed E-state index contributed by atoms with van der Waals surface area (Å²) in [5.74, 6) is 0.842. The predicted octanol–water partition coefficient (Wildman–Crippen LogP) is 7.10. The maximum Gasteiger partial charge on any atom is 0.303 e. The van der Waals surface area contributed by atoms with Crippen molar-refractivity contribution in [1.82, 2.24) is 0 Å². The number of hydrogen-bond donors (Lipinski definition) is 0. The Balaban J connectivity index is 2.47. The largest absolute Gasteiger partial charge is 0.668 e. The first-order valence-electron chi connectivity index (χ1n) is 11.0. The summed E-state index contributed by atoms with van der Waals surface area (Å²) in [6.45, 7) is 20.7. The Bertz CT molecular complexity index is 469. The lowest BCUT2D eigenvalue weighted by atomic mass is 9.31. The van der Waals surface area contributed by atoms with Crippen molar-refractivity contribution in [1.29, 1.82) is 0 Å². The molecule has 0 aliphatic carbocycles. The van der Waals surface area contributed by atoms with Gasteiger partial charge in [-0.2, -0.15) is 0 Å². The van der Waals surface area contributed by atoms with Crippen molar-refractivity contribution in [2.75, 3.05) is 6.35 Å². The van der Waals surface area contributed by atoms with E-state index in [2.05, 4.69) is 62.3 Å². The minimum absolute atomic E-state index is 0.158. The Morgan fingerprint density at radius 2 is 1.19 bits per heavy atom. The second-order valence-corrected chi connectivity index (χ2v) is 18.0. The summed E-state index contributed by atoms with van der Waals surface area (Å²) in [6.07, 6.45) is 7.86. The van der Waals surface area contributed by atoms with Crippen LogP contribution >= 0.6 is 7.26 Å². The molecule has 0 unspecified atom stereocenters. The lowest BCUT2D eigenvalue weighted by Crippen LogP contribution is -2.57. The lowest BCUT2D eigenvalue weighted by molar-refractivity contribution is -0.123. The van der Waals surface area contributed by atoms with Crippen LogP contribution < -0.4 is 0 Å². The van der Waals surface area contributed by atoms with Gasteiger partial charge in [-0.1, -0.05) is 38.5 Å². The fraction of sp³-hybridized carbons (Fsp3) is 0.955. The Kier molecular flexibility index (Phi) is 6.56. The molecule has 0 aromatic heterocycles. The molecule has 0 aromatic rings. The van der Waals surface area contributed by atoms with Gasteiger partial charge in [-0.3, -0.25) is 4.79 Å². The summed E-state index contributed by atoms with van der Waals surface area (Å²) in [6, 6.07) is 0. The highest BCUT2D eigenvalue weighted by Crippen LogP contribution is 2.83. The quantitative estimate of drug-likeness (QED) is 0.282. The van der Waals surface area contributed by atoms with Crippen molar-refractivity contribution in [2.45, 2.75) is 128 Å². The molecule has 2 bridgehead atoms. The number of rotatable bonds is 5. The number of fused-ring (bicyclic) bond motifs is 2. The molecule has 0 radical (unpaired) electrons. The van der Waals surface area contributed by atoms with E-state index >= 15 is 0 Å². The Morgan fingerprint density at radius 3 is 1.48 bits per heavy atom. The molecule has 3 nitrogen and oxygen atoms in total. The third-order valence-corrected chi connectivity index (χ3v) is 15.3. The number of hydrogen-bond acceptors (Lipinski definition) is 3. The number of carbonyl (C=O) groups excluding carboxylic acids is 1. The van der Waals surface area contributed by atoms with E-state index in [4.69, 9.17) is 9.31 Å². The molecule has 0 N–H and O–H groups in total. The summed E-state index contributed by atoms with van der Waals surface area (Å²) in [5, 5.41) is 0.475. The minimum atomic E-state index is -1.62. The monoisotopic (exact) mass is 398 g/mol. The minimum Gasteiger partial charge on any atom is -0.668 e. The first-order chi connectivity index (χ1) is 12.2. The van der Waals surface area contributed by atoms with Gasteiger partial charge in [0.05, 0.1) is 22.7 Å². The lowest BCUT2D eigenvalue weighted by Gasteiger charge is -2.60. The summed E-state index contributed by atoms with van der Waals surface area (Å²) in [5.41, 5.74) is 0. The van der Waals surface area contributed by atoms with Gasteiger partial charge < -0.3 is 9.31 Å². The second kappa shape index (κ2) is 7.64. The van der Waals surface area contributed by atoms with Crippen LogP contribution in [0, 0.1) is 0 Å². The van der Waals surface area contributed by atoms with Crippen molar-refractivity contribution in [2.24, 2.45) is 0 Å². The van der Waals surface area contributed by atoms with Crippen molar-refractivity contribution in [3.8, 4) is 0 Å². The fourth-order valence-electron chi connectivity index (χ4n) is 7.34. The predicted molar refractivity (Wildman–Crippen MR) is 120 cm³/mol. The van der Waals surface area contributed by atoms with E-state index in [-0.39, 0.29) is 15.5 Å². The van der Waals surface area contributed by atoms with Gasteiger partial charge in [-0.25, -0.2) is 0 Å². The first kappa shape index (κ1) is 23.2. The van der Waals surface area contributed by atoms with E-state index in [1.807, 2.05) is 0 Å². The normalized spacial score (nSPS) is 30.1. The van der Waals surface area contributed by atoms with Crippen molar-refractivity contribution >= 4 is 20.3 Å². The van der Waals surface area contributed by atoms with Crippen molar-refractivity contribution in [3.63, 3.8) is 0 Å². The molecule has 2 aliphatic heterocycles. The molecule has 0 amide bonds. The van der Waals surface area contributed by atoms with Gasteiger partial charge in [0.25, 0.3) is 0 Å². The van der Waals surface area contributed by atoms with Crippen molar-refractivity contribution < 1.29 is 14.1 Å². The van der Waals surface area contributed by atoms with Crippen molar-refractivity contribution in [3.05, 3.63) is 0 Å². The van der Waals surface area contributed by atoms with Crippen LogP contribution in [0.3, 0.4) is 0 Å². The Labute approximate surface area is 169 Å². The fourth-order valence-corrected chi connectivity index (χ4v) is 15.0. The highest BCUT2D eigenvalue weighted by Gasteiger charge is 2.65. The molecule has 2 rings (SSSR count). The average Bonchev–Trinajstić information content (AvgIpc) is 2.42. The third kappa shape index (κ3) is 3.87. The van der Waals surface area contributed by atoms with Gasteiger partial charge in [0.2, 0.25) is 6.47 Å². The average molecular weight is 398 g/mol. The SMILES string of the molecule is CC(C)(C)[P+](CO[B-]1(OC=O)C2CCCC1CCC2)(C(C)(C)C)C(C)(C)C. The Hall–Kier alpha value is -0.0751. The van der Waals surface area contributed by atoms with Crippen LogP contribution in [0.1, 0.15) is 101 Å². The van der Waals surface area contributed by atoms with Crippen LogP contribution in [0.5, 0.6) is 0 Å². The van der Waals surface area contributed by atoms with E-state index in [1.165, 1.54) is 12.8 Å². The van der Waals surface area contributed by atoms with Gasteiger partial charge in [-0.15, -0.1) is 11.6 Å². The molecular formula is C22H44BO3P. The zero-order chi connectivity index (χ0) is 20.7. The van der Waals surface area contributed by atoms with E-state index < -0.39 is 13.8 Å². The summed E-state index contributed by atoms with van der Waals surface area (Å²) in [7, 11) is -1.62. The molecule has 0 aromatic carbocycles. The van der Waals surface area contributed by atoms with Gasteiger partial charge in [0.15, 0.2) is 0 Å². The van der Waals surface area contributed by atoms with E-state index in [9.17, 15) is 4.79 Å². The highest BCUT2D eigenvalue weighted by atomic mass is 31.2. The van der Waals surface area contributed by atoms with Crippen LogP contribution in [0.4, 0.5) is 0 Å². The smallest absolute Gasteiger partial charge is 0.303 e. The maximum absolute atomic E-state index is 11.5. The van der Waals surface area contributed by atoms with Gasteiger partial charge in [0, 0.05) is 0 Å². The van der Waals surface area contributed by atoms with E-state index in [1.54, 1.807) is 0 Å². The molecule has 2 aliphatic rings. The van der Waals surface area contributed by atoms with Gasteiger partial charge >= 0.3 is 6.55 Å². The second-order valence-electron chi connectivity index (χ2n) is 12.1. The molecule has 2 saturated heterocycles. The van der Waals surface area contributed by atoms with Crippen LogP contribution in [0.15, 0.2) is 0 Å². The zero-order valence-corrected chi connectivity index (χ0v) is 20.3. The van der Waals surface area contributed by atoms with Crippen LogP contribution in [0.2, 0.25) is 11.6 Å². The molecule has 0 spiro atoms. The molecule has 0 saturated carbocycles. The molecule has 0 atom stereocenters. The molecular weight excluding hydrogens is 354 g/mol. The maximum atomic E-state index is 11.5. The standard InChI is InChI=1S/C22H44BO3P/c1-20(2,3)27(21(4,5)6,22(7,8)9)17-26-23(25-16-24)18-12-10-13-19(23)15-11-14-18/h16,18-19H,10-15,17H2,1-9H3. The molecule has 27 heavy (non-hydrogen) atoms. The topological polar surface area (TPSA) is 35.5 Å². The van der Waals surface area contributed by atoms with Gasteiger partial charge in [-0.05, 0) is 62.3 Å². The summed E-state index contributed by atoms with van der Waals surface area (Å²) in [4.78, 5) is 11.5. The van der Waals surface area contributed by atoms with E-state index in [0.717, 1.165) is 32.0 Å². The number of carbonyl (C=O) groups is 1.